The van der Waals surface area contributed by atoms with Gasteiger partial charge in [0.05, 0.1) is 5.56 Å². The van der Waals surface area contributed by atoms with Crippen molar-refractivity contribution in [1.29, 1.82) is 0 Å². The zero-order valence-electron chi connectivity index (χ0n) is 9.52. The van der Waals surface area contributed by atoms with Crippen LogP contribution in [-0.2, 0) is 6.18 Å². The molecule has 0 aliphatic carbocycles. The lowest BCUT2D eigenvalue weighted by Gasteiger charge is -2.18. The van der Waals surface area contributed by atoms with Gasteiger partial charge in [-0.25, -0.2) is 4.39 Å². The summed E-state index contributed by atoms with van der Waals surface area (Å²) in [6, 6.07) is 2.53. The highest BCUT2D eigenvalue weighted by atomic mass is 19.4. The van der Waals surface area contributed by atoms with Gasteiger partial charge in [0.25, 0.3) is 0 Å². The molecule has 0 aromatic heterocycles. The monoisotopic (exact) mass is 249 g/mol. The van der Waals surface area contributed by atoms with Crippen molar-refractivity contribution in [2.75, 3.05) is 0 Å². The molecule has 0 radical (unpaired) electrons. The van der Waals surface area contributed by atoms with Crippen molar-refractivity contribution in [2.24, 2.45) is 5.73 Å². The van der Waals surface area contributed by atoms with Crippen LogP contribution in [0, 0.1) is 5.82 Å². The van der Waals surface area contributed by atoms with E-state index in [0.29, 0.717) is 6.42 Å². The molecule has 96 valence electrons. The van der Waals surface area contributed by atoms with E-state index in [0.717, 1.165) is 18.9 Å². The molecule has 0 heterocycles. The fourth-order valence-electron chi connectivity index (χ4n) is 1.73. The minimum absolute atomic E-state index is 0.161. The van der Waals surface area contributed by atoms with Crippen LogP contribution in [-0.4, -0.2) is 0 Å². The average molecular weight is 249 g/mol. The van der Waals surface area contributed by atoms with Gasteiger partial charge >= 0.3 is 6.18 Å². The van der Waals surface area contributed by atoms with Crippen molar-refractivity contribution >= 4 is 0 Å². The number of hydrogen-bond donors (Lipinski definition) is 1. The molecule has 1 rings (SSSR count). The molecule has 2 N–H and O–H groups in total. The average Bonchev–Trinajstić information content (AvgIpc) is 2.23. The molecule has 0 unspecified atom stereocenters. The molecule has 0 saturated carbocycles. The highest BCUT2D eigenvalue weighted by Crippen LogP contribution is 2.36. The van der Waals surface area contributed by atoms with E-state index in [2.05, 4.69) is 0 Å². The first-order valence-corrected chi connectivity index (χ1v) is 5.49. The SMILES string of the molecule is CCCC[C@H](N)c1cccc(F)c1C(F)(F)F. The second-order valence-corrected chi connectivity index (χ2v) is 3.95. The van der Waals surface area contributed by atoms with Crippen molar-refractivity contribution in [2.45, 2.75) is 38.4 Å². The van der Waals surface area contributed by atoms with E-state index in [1.54, 1.807) is 0 Å². The van der Waals surface area contributed by atoms with Crippen molar-refractivity contribution < 1.29 is 17.6 Å². The number of rotatable bonds is 4. The van der Waals surface area contributed by atoms with Gasteiger partial charge in [0.15, 0.2) is 0 Å². The summed E-state index contributed by atoms with van der Waals surface area (Å²) in [6.07, 6.45) is -2.73. The van der Waals surface area contributed by atoms with Crippen molar-refractivity contribution in [3.8, 4) is 0 Å². The summed E-state index contributed by atoms with van der Waals surface area (Å²) in [4.78, 5) is 0. The van der Waals surface area contributed by atoms with Gasteiger partial charge in [-0.1, -0.05) is 31.9 Å². The molecule has 0 bridgehead atoms. The lowest BCUT2D eigenvalue weighted by molar-refractivity contribution is -0.140. The summed E-state index contributed by atoms with van der Waals surface area (Å²) in [6.45, 7) is 1.92. The standard InChI is InChI=1S/C12H15F4N/c1-2-3-7-10(17)8-5-4-6-9(13)11(8)12(14,15)16/h4-6,10H,2-3,7,17H2,1H3/t10-/m0/s1. The van der Waals surface area contributed by atoms with Crippen LogP contribution in [0.25, 0.3) is 0 Å². The lowest BCUT2D eigenvalue weighted by atomic mass is 9.96. The van der Waals surface area contributed by atoms with Crippen LogP contribution in [0.1, 0.15) is 43.4 Å². The molecule has 0 fully saturated rings. The number of halogens is 4. The first-order chi connectivity index (χ1) is 7.88. The Labute approximate surface area is 97.6 Å². The fraction of sp³-hybridized carbons (Fsp3) is 0.500. The zero-order chi connectivity index (χ0) is 13.1. The smallest absolute Gasteiger partial charge is 0.324 e. The highest BCUT2D eigenvalue weighted by molar-refractivity contribution is 5.33. The van der Waals surface area contributed by atoms with E-state index >= 15 is 0 Å². The molecular formula is C12H15F4N. The molecule has 5 heteroatoms. The van der Waals surface area contributed by atoms with Crippen LogP contribution in [0.15, 0.2) is 18.2 Å². The topological polar surface area (TPSA) is 26.0 Å². The van der Waals surface area contributed by atoms with E-state index in [1.165, 1.54) is 12.1 Å². The van der Waals surface area contributed by atoms with E-state index in [9.17, 15) is 17.6 Å². The van der Waals surface area contributed by atoms with Crippen LogP contribution < -0.4 is 5.73 Å². The first-order valence-electron chi connectivity index (χ1n) is 5.49. The van der Waals surface area contributed by atoms with Crippen molar-refractivity contribution in [3.63, 3.8) is 0 Å². The van der Waals surface area contributed by atoms with E-state index in [-0.39, 0.29) is 5.56 Å². The molecule has 0 amide bonds. The number of hydrogen-bond acceptors (Lipinski definition) is 1. The van der Waals surface area contributed by atoms with Crippen LogP contribution in [0.2, 0.25) is 0 Å². The molecular weight excluding hydrogens is 234 g/mol. The Bertz CT molecular complexity index is 373. The third kappa shape index (κ3) is 3.43. The molecule has 0 aliphatic heterocycles. The van der Waals surface area contributed by atoms with Gasteiger partial charge in [-0.2, -0.15) is 13.2 Å². The Balaban J connectivity index is 3.11. The second kappa shape index (κ2) is 5.49. The Morgan fingerprint density at radius 1 is 1.29 bits per heavy atom. The molecule has 0 saturated heterocycles. The first kappa shape index (κ1) is 14.0. The van der Waals surface area contributed by atoms with Gasteiger partial charge in [-0.3, -0.25) is 0 Å². The Kier molecular flexibility index (Phi) is 4.51. The molecule has 1 atom stereocenters. The van der Waals surface area contributed by atoms with E-state index in [4.69, 9.17) is 5.73 Å². The predicted molar refractivity (Wildman–Crippen MR) is 57.9 cm³/mol. The number of unbranched alkanes of at least 4 members (excludes halogenated alkanes) is 1. The third-order valence-corrected chi connectivity index (χ3v) is 2.60. The van der Waals surface area contributed by atoms with Crippen LogP contribution in [0.5, 0.6) is 0 Å². The minimum atomic E-state index is -4.70. The van der Waals surface area contributed by atoms with Gasteiger partial charge < -0.3 is 5.73 Å². The molecule has 17 heavy (non-hydrogen) atoms. The molecule has 0 aliphatic rings. The Morgan fingerprint density at radius 3 is 2.47 bits per heavy atom. The normalized spacial score (nSPS) is 13.8. The quantitative estimate of drug-likeness (QED) is 0.801. The summed E-state index contributed by atoms with van der Waals surface area (Å²) in [5, 5.41) is 0. The minimum Gasteiger partial charge on any atom is -0.324 e. The van der Waals surface area contributed by atoms with Crippen LogP contribution in [0.3, 0.4) is 0 Å². The van der Waals surface area contributed by atoms with Gasteiger partial charge in [0, 0.05) is 6.04 Å². The van der Waals surface area contributed by atoms with Gasteiger partial charge in [-0.05, 0) is 18.1 Å². The Hall–Kier alpha value is -1.10. The predicted octanol–water partition coefficient (Wildman–Crippen LogP) is 4.03. The van der Waals surface area contributed by atoms with Gasteiger partial charge in [0.2, 0.25) is 0 Å². The second-order valence-electron chi connectivity index (χ2n) is 3.95. The van der Waals surface area contributed by atoms with Crippen molar-refractivity contribution in [1.82, 2.24) is 0 Å². The molecule has 1 nitrogen and oxygen atoms in total. The third-order valence-electron chi connectivity index (χ3n) is 2.60. The maximum Gasteiger partial charge on any atom is 0.419 e. The molecule has 1 aromatic rings. The number of benzene rings is 1. The van der Waals surface area contributed by atoms with Crippen molar-refractivity contribution in [3.05, 3.63) is 35.1 Å². The Morgan fingerprint density at radius 2 is 1.94 bits per heavy atom. The summed E-state index contributed by atoms with van der Waals surface area (Å²) < 4.78 is 51.3. The highest BCUT2D eigenvalue weighted by Gasteiger charge is 2.37. The maximum atomic E-state index is 13.3. The largest absolute Gasteiger partial charge is 0.419 e. The lowest BCUT2D eigenvalue weighted by Crippen LogP contribution is -2.19. The van der Waals surface area contributed by atoms with Gasteiger partial charge in [0.1, 0.15) is 5.82 Å². The van der Waals surface area contributed by atoms with E-state index in [1.807, 2.05) is 6.92 Å². The zero-order valence-corrected chi connectivity index (χ0v) is 9.52. The maximum absolute atomic E-state index is 13.3. The summed E-state index contributed by atoms with van der Waals surface area (Å²) in [5.74, 6) is -1.26. The van der Waals surface area contributed by atoms with E-state index < -0.39 is 23.6 Å². The fourth-order valence-corrected chi connectivity index (χ4v) is 1.73. The van der Waals surface area contributed by atoms with Gasteiger partial charge in [-0.15, -0.1) is 0 Å². The molecule has 1 aromatic carbocycles. The number of nitrogens with two attached hydrogens (primary N) is 1. The summed E-state index contributed by atoms with van der Waals surface area (Å²) in [5.41, 5.74) is 4.29. The summed E-state index contributed by atoms with van der Waals surface area (Å²) in [7, 11) is 0. The van der Waals surface area contributed by atoms with Crippen LogP contribution in [0.4, 0.5) is 17.6 Å². The van der Waals surface area contributed by atoms with Crippen LogP contribution >= 0.6 is 0 Å². The summed E-state index contributed by atoms with van der Waals surface area (Å²) >= 11 is 0. The number of alkyl halides is 3. The molecule has 0 spiro atoms.